The standard InChI is InChI=1S/C28H33BrFNO3/c1-28(2,3)27(32)34-22-10-11-24-20(17-22)7-12-25(29)26(24)19-5-8-21(9-6-19)33-23-13-16-31(18-23)15-4-14-30/h5-6,8-11,17,23H,4,7,12-16,18H2,1-3H3/t23-/m0/s1. The SMILES string of the molecule is CC(C)(C)C(=O)Oc1ccc2c(c1)CCC(Br)=C2c1ccc(O[C@H]2CCN(CCCF)C2)cc1. The lowest BCUT2D eigenvalue weighted by Crippen LogP contribution is -2.26. The van der Waals surface area contributed by atoms with Gasteiger partial charge in [-0.25, -0.2) is 0 Å². The molecule has 0 bridgehead atoms. The second-order valence-corrected chi connectivity index (χ2v) is 11.1. The number of fused-ring (bicyclic) bond motifs is 1. The summed E-state index contributed by atoms with van der Waals surface area (Å²) < 4.78 is 25.4. The van der Waals surface area contributed by atoms with E-state index in [0.29, 0.717) is 12.2 Å². The Morgan fingerprint density at radius 1 is 1.12 bits per heavy atom. The molecule has 0 saturated carbocycles. The Labute approximate surface area is 210 Å². The molecule has 0 radical (unpaired) electrons. The molecular weight excluding hydrogens is 497 g/mol. The van der Waals surface area contributed by atoms with Gasteiger partial charge >= 0.3 is 5.97 Å². The summed E-state index contributed by atoms with van der Waals surface area (Å²) in [6.45, 7) is 7.92. The van der Waals surface area contributed by atoms with E-state index in [9.17, 15) is 9.18 Å². The third-order valence-electron chi connectivity index (χ3n) is 6.34. The predicted molar refractivity (Wildman–Crippen MR) is 137 cm³/mol. The molecule has 0 unspecified atom stereocenters. The largest absolute Gasteiger partial charge is 0.489 e. The number of carbonyl (C=O) groups excluding carboxylic acids is 1. The van der Waals surface area contributed by atoms with Crippen LogP contribution in [0.15, 0.2) is 46.9 Å². The van der Waals surface area contributed by atoms with Crippen molar-refractivity contribution < 1.29 is 18.7 Å². The zero-order valence-corrected chi connectivity index (χ0v) is 21.8. The summed E-state index contributed by atoms with van der Waals surface area (Å²) in [4.78, 5) is 14.6. The quantitative estimate of drug-likeness (QED) is 0.301. The van der Waals surface area contributed by atoms with Gasteiger partial charge in [0.1, 0.15) is 17.6 Å². The molecule has 2 aliphatic rings. The highest BCUT2D eigenvalue weighted by molar-refractivity contribution is 9.11. The van der Waals surface area contributed by atoms with Gasteiger partial charge in [0.15, 0.2) is 0 Å². The molecule has 6 heteroatoms. The maximum Gasteiger partial charge on any atom is 0.316 e. The van der Waals surface area contributed by atoms with Gasteiger partial charge in [0.05, 0.1) is 12.1 Å². The molecule has 34 heavy (non-hydrogen) atoms. The van der Waals surface area contributed by atoms with Gasteiger partial charge in [0, 0.05) is 24.1 Å². The number of likely N-dealkylation sites (tertiary alicyclic amines) is 1. The molecule has 1 fully saturated rings. The van der Waals surface area contributed by atoms with Gasteiger partial charge in [-0.15, -0.1) is 0 Å². The molecule has 1 heterocycles. The third-order valence-corrected chi connectivity index (χ3v) is 7.13. The van der Waals surface area contributed by atoms with Crippen molar-refractivity contribution in [2.75, 3.05) is 26.3 Å². The third kappa shape index (κ3) is 5.89. The molecule has 1 aliphatic heterocycles. The fourth-order valence-electron chi connectivity index (χ4n) is 4.44. The number of nitrogens with zero attached hydrogens (tertiary/aromatic N) is 1. The summed E-state index contributed by atoms with van der Waals surface area (Å²) >= 11 is 3.79. The zero-order chi connectivity index (χ0) is 24.3. The van der Waals surface area contributed by atoms with Crippen LogP contribution in [0, 0.1) is 5.41 Å². The van der Waals surface area contributed by atoms with Gasteiger partial charge < -0.3 is 9.47 Å². The number of aryl methyl sites for hydroxylation is 1. The van der Waals surface area contributed by atoms with Gasteiger partial charge in [0.2, 0.25) is 0 Å². The summed E-state index contributed by atoms with van der Waals surface area (Å²) in [5.41, 5.74) is 4.08. The number of benzene rings is 2. The van der Waals surface area contributed by atoms with Crippen LogP contribution in [0.4, 0.5) is 4.39 Å². The van der Waals surface area contributed by atoms with Crippen molar-refractivity contribution in [3.8, 4) is 11.5 Å². The number of esters is 1. The van der Waals surface area contributed by atoms with Crippen LogP contribution in [-0.2, 0) is 11.2 Å². The van der Waals surface area contributed by atoms with E-state index in [0.717, 1.165) is 55.8 Å². The van der Waals surface area contributed by atoms with E-state index in [4.69, 9.17) is 9.47 Å². The summed E-state index contributed by atoms with van der Waals surface area (Å²) in [5.74, 6) is 1.22. The molecular formula is C28H33BrFNO3. The van der Waals surface area contributed by atoms with E-state index in [1.165, 1.54) is 15.6 Å². The Hall–Kier alpha value is -2.18. The molecule has 4 rings (SSSR count). The fraction of sp³-hybridized carbons (Fsp3) is 0.464. The monoisotopic (exact) mass is 529 g/mol. The molecule has 0 N–H and O–H groups in total. The maximum atomic E-state index is 12.4. The van der Waals surface area contributed by atoms with Crippen LogP contribution in [0.5, 0.6) is 11.5 Å². The normalized spacial score (nSPS) is 18.7. The van der Waals surface area contributed by atoms with Gasteiger partial charge in [0.25, 0.3) is 0 Å². The first-order valence-electron chi connectivity index (χ1n) is 12.0. The summed E-state index contributed by atoms with van der Waals surface area (Å²) in [7, 11) is 0. The van der Waals surface area contributed by atoms with Crippen LogP contribution >= 0.6 is 15.9 Å². The van der Waals surface area contributed by atoms with Crippen LogP contribution in [0.3, 0.4) is 0 Å². The molecule has 2 aromatic carbocycles. The lowest BCUT2D eigenvalue weighted by molar-refractivity contribution is -0.143. The van der Waals surface area contributed by atoms with Crippen molar-refractivity contribution in [2.24, 2.45) is 5.41 Å². The average Bonchev–Trinajstić information content (AvgIpc) is 3.25. The summed E-state index contributed by atoms with van der Waals surface area (Å²) in [6, 6.07) is 14.2. The van der Waals surface area contributed by atoms with Crippen molar-refractivity contribution in [1.82, 2.24) is 4.90 Å². The van der Waals surface area contributed by atoms with E-state index in [2.05, 4.69) is 33.0 Å². The molecule has 0 amide bonds. The van der Waals surface area contributed by atoms with E-state index >= 15 is 0 Å². The van der Waals surface area contributed by atoms with Crippen molar-refractivity contribution in [1.29, 1.82) is 0 Å². The Morgan fingerprint density at radius 2 is 1.85 bits per heavy atom. The lowest BCUT2D eigenvalue weighted by atomic mass is 9.86. The number of rotatable bonds is 7. The first kappa shape index (κ1) is 24.9. The molecule has 1 atom stereocenters. The first-order valence-corrected chi connectivity index (χ1v) is 12.8. The highest BCUT2D eigenvalue weighted by Gasteiger charge is 2.26. The number of hydrogen-bond donors (Lipinski definition) is 0. The number of hydrogen-bond acceptors (Lipinski definition) is 4. The van der Waals surface area contributed by atoms with Gasteiger partial charge in [-0.2, -0.15) is 0 Å². The molecule has 1 saturated heterocycles. The summed E-state index contributed by atoms with van der Waals surface area (Å²) in [5, 5.41) is 0. The van der Waals surface area contributed by atoms with Crippen LogP contribution in [0.2, 0.25) is 0 Å². The van der Waals surface area contributed by atoms with Crippen LogP contribution in [-0.4, -0.2) is 43.3 Å². The molecule has 1 aliphatic carbocycles. The minimum absolute atomic E-state index is 0.154. The number of carbonyl (C=O) groups is 1. The molecule has 182 valence electrons. The fourth-order valence-corrected chi connectivity index (χ4v) is 5.09. The predicted octanol–water partition coefficient (Wildman–Crippen LogP) is 6.55. The number of allylic oxidation sites excluding steroid dienone is 1. The lowest BCUT2D eigenvalue weighted by Gasteiger charge is -2.23. The van der Waals surface area contributed by atoms with Crippen molar-refractivity contribution in [2.45, 2.75) is 52.6 Å². The maximum absolute atomic E-state index is 12.4. The highest BCUT2D eigenvalue weighted by Crippen LogP contribution is 2.40. The van der Waals surface area contributed by atoms with Gasteiger partial charge in [-0.3, -0.25) is 14.1 Å². The topological polar surface area (TPSA) is 38.8 Å². The Bertz CT molecular complexity index is 1060. The van der Waals surface area contributed by atoms with E-state index < -0.39 is 5.41 Å². The minimum atomic E-state index is -0.543. The van der Waals surface area contributed by atoms with Gasteiger partial charge in [-0.1, -0.05) is 34.1 Å². The van der Waals surface area contributed by atoms with E-state index in [1.54, 1.807) is 0 Å². The minimum Gasteiger partial charge on any atom is -0.489 e. The van der Waals surface area contributed by atoms with Crippen molar-refractivity contribution in [3.63, 3.8) is 0 Å². The number of ether oxygens (including phenoxy) is 2. The Balaban J connectivity index is 1.47. The van der Waals surface area contributed by atoms with Gasteiger partial charge in [-0.05, 0) is 93.0 Å². The second-order valence-electron chi connectivity index (χ2n) is 10.1. The average molecular weight is 530 g/mol. The molecule has 2 aromatic rings. The molecule has 4 nitrogen and oxygen atoms in total. The Kier molecular flexibility index (Phi) is 7.78. The van der Waals surface area contributed by atoms with E-state index in [1.807, 2.05) is 51.1 Å². The highest BCUT2D eigenvalue weighted by atomic mass is 79.9. The number of halogens is 2. The molecule has 0 spiro atoms. The van der Waals surface area contributed by atoms with Crippen LogP contribution in [0.1, 0.15) is 56.7 Å². The number of alkyl halides is 1. The smallest absolute Gasteiger partial charge is 0.316 e. The first-order chi connectivity index (χ1) is 16.2. The van der Waals surface area contributed by atoms with Crippen LogP contribution < -0.4 is 9.47 Å². The summed E-state index contributed by atoms with van der Waals surface area (Å²) in [6.07, 6.45) is 3.50. The van der Waals surface area contributed by atoms with Crippen molar-refractivity contribution in [3.05, 3.63) is 63.6 Å². The van der Waals surface area contributed by atoms with E-state index in [-0.39, 0.29) is 18.7 Å². The zero-order valence-electron chi connectivity index (χ0n) is 20.2. The second kappa shape index (κ2) is 10.6. The Morgan fingerprint density at radius 3 is 2.56 bits per heavy atom. The molecule has 0 aromatic heterocycles. The van der Waals surface area contributed by atoms with Crippen LogP contribution in [0.25, 0.3) is 5.57 Å². The van der Waals surface area contributed by atoms with Crippen molar-refractivity contribution >= 4 is 27.5 Å².